The average Bonchev–Trinajstić information content (AvgIpc) is 2.81. The van der Waals surface area contributed by atoms with Gasteiger partial charge < -0.3 is 20.4 Å². The van der Waals surface area contributed by atoms with Gasteiger partial charge in [-0.25, -0.2) is 4.79 Å². The molecule has 0 aliphatic carbocycles. The fourth-order valence-electron chi connectivity index (χ4n) is 4.12. The zero-order valence-electron chi connectivity index (χ0n) is 19.9. The lowest BCUT2D eigenvalue weighted by Gasteiger charge is -2.41. The summed E-state index contributed by atoms with van der Waals surface area (Å²) in [6, 6.07) is 15.6. The van der Waals surface area contributed by atoms with Crippen LogP contribution in [0.25, 0.3) is 0 Å². The lowest BCUT2D eigenvalue weighted by atomic mass is 9.97. The summed E-state index contributed by atoms with van der Waals surface area (Å²) in [4.78, 5) is 42.5. The van der Waals surface area contributed by atoms with Crippen LogP contribution in [-0.2, 0) is 4.79 Å². The zero-order chi connectivity index (χ0) is 24.0. The average molecular weight is 451 g/mol. The van der Waals surface area contributed by atoms with Gasteiger partial charge in [0.1, 0.15) is 6.04 Å². The highest BCUT2D eigenvalue weighted by Crippen LogP contribution is 2.18. The van der Waals surface area contributed by atoms with Crippen LogP contribution < -0.4 is 10.6 Å². The Hall–Kier alpha value is -3.35. The van der Waals surface area contributed by atoms with Crippen molar-refractivity contribution in [2.45, 2.75) is 46.2 Å². The van der Waals surface area contributed by atoms with E-state index in [-0.39, 0.29) is 23.8 Å². The fourth-order valence-corrected chi connectivity index (χ4v) is 4.12. The molecule has 4 amide bonds. The second-order valence-corrected chi connectivity index (χ2v) is 8.83. The number of anilines is 1. The van der Waals surface area contributed by atoms with Crippen molar-refractivity contribution in [1.82, 2.24) is 15.1 Å². The van der Waals surface area contributed by atoms with Gasteiger partial charge in [0.2, 0.25) is 5.91 Å². The quantitative estimate of drug-likeness (QED) is 0.700. The van der Waals surface area contributed by atoms with E-state index in [2.05, 4.69) is 10.6 Å². The van der Waals surface area contributed by atoms with Gasteiger partial charge in [0.25, 0.3) is 5.91 Å². The smallest absolute Gasteiger partial charge is 0.319 e. The van der Waals surface area contributed by atoms with Crippen LogP contribution in [0.1, 0.15) is 43.1 Å². The molecule has 33 heavy (non-hydrogen) atoms. The SMILES string of the molecule is CCC(C)C(NC(=O)Nc1cccc(C)c1)C(=O)N1CCN(C(=O)c2ccccc2)C(C)C1. The van der Waals surface area contributed by atoms with Gasteiger partial charge in [-0.2, -0.15) is 0 Å². The van der Waals surface area contributed by atoms with Crippen LogP contribution in [-0.4, -0.2) is 59.4 Å². The summed E-state index contributed by atoms with van der Waals surface area (Å²) in [6.07, 6.45) is 0.753. The number of urea groups is 1. The number of carbonyl (C=O) groups is 3. The van der Waals surface area contributed by atoms with E-state index >= 15 is 0 Å². The number of nitrogens with one attached hydrogen (secondary N) is 2. The Morgan fingerprint density at radius 3 is 2.42 bits per heavy atom. The van der Waals surface area contributed by atoms with Crippen LogP contribution in [0, 0.1) is 12.8 Å². The molecule has 2 N–H and O–H groups in total. The minimum absolute atomic E-state index is 0.0238. The Morgan fingerprint density at radius 1 is 1.06 bits per heavy atom. The molecule has 1 aliphatic heterocycles. The van der Waals surface area contributed by atoms with E-state index in [1.165, 1.54) is 0 Å². The highest BCUT2D eigenvalue weighted by atomic mass is 16.2. The summed E-state index contributed by atoms with van der Waals surface area (Å²) in [7, 11) is 0. The molecule has 0 saturated carbocycles. The Morgan fingerprint density at radius 2 is 1.79 bits per heavy atom. The summed E-state index contributed by atoms with van der Waals surface area (Å²) >= 11 is 0. The number of benzene rings is 2. The molecule has 1 fully saturated rings. The number of nitrogens with zero attached hydrogens (tertiary/aromatic N) is 2. The van der Waals surface area contributed by atoms with Crippen LogP contribution in [0.3, 0.4) is 0 Å². The molecule has 2 aromatic rings. The number of aryl methyl sites for hydroxylation is 1. The molecule has 2 aromatic carbocycles. The van der Waals surface area contributed by atoms with E-state index in [0.717, 1.165) is 12.0 Å². The van der Waals surface area contributed by atoms with Crippen LogP contribution in [0.15, 0.2) is 54.6 Å². The number of hydrogen-bond acceptors (Lipinski definition) is 3. The Balaban J connectivity index is 1.64. The maximum atomic E-state index is 13.4. The molecule has 3 unspecified atom stereocenters. The predicted molar refractivity (Wildman–Crippen MR) is 130 cm³/mol. The van der Waals surface area contributed by atoms with Gasteiger partial charge in [0.15, 0.2) is 0 Å². The topological polar surface area (TPSA) is 81.8 Å². The van der Waals surface area contributed by atoms with Crippen molar-refractivity contribution in [1.29, 1.82) is 0 Å². The molecule has 176 valence electrons. The second kappa shape index (κ2) is 11.0. The minimum Gasteiger partial charge on any atom is -0.337 e. The molecule has 3 rings (SSSR count). The highest BCUT2D eigenvalue weighted by molar-refractivity contribution is 5.95. The molecule has 0 bridgehead atoms. The number of hydrogen-bond donors (Lipinski definition) is 2. The maximum absolute atomic E-state index is 13.4. The molecular formula is C26H34N4O3. The molecule has 7 heteroatoms. The van der Waals surface area contributed by atoms with Gasteiger partial charge in [0.05, 0.1) is 0 Å². The van der Waals surface area contributed by atoms with Crippen molar-refractivity contribution in [3.8, 4) is 0 Å². The van der Waals surface area contributed by atoms with Gasteiger partial charge in [-0.1, -0.05) is 50.6 Å². The first-order valence-corrected chi connectivity index (χ1v) is 11.6. The monoisotopic (exact) mass is 450 g/mol. The van der Waals surface area contributed by atoms with Crippen molar-refractivity contribution in [3.05, 3.63) is 65.7 Å². The fraction of sp³-hybridized carbons (Fsp3) is 0.423. The van der Waals surface area contributed by atoms with Gasteiger partial charge >= 0.3 is 6.03 Å². The third kappa shape index (κ3) is 6.12. The van der Waals surface area contributed by atoms with E-state index < -0.39 is 12.1 Å². The number of amides is 4. The summed E-state index contributed by atoms with van der Waals surface area (Å²) in [5.74, 6) is -0.160. The van der Waals surface area contributed by atoms with Gasteiger partial charge in [0, 0.05) is 36.9 Å². The molecule has 3 atom stereocenters. The van der Waals surface area contributed by atoms with Crippen LogP contribution >= 0.6 is 0 Å². The summed E-state index contributed by atoms with van der Waals surface area (Å²) < 4.78 is 0. The third-order valence-electron chi connectivity index (χ3n) is 6.26. The van der Waals surface area contributed by atoms with Gasteiger partial charge in [-0.15, -0.1) is 0 Å². The van der Waals surface area contributed by atoms with Gasteiger partial charge in [-0.3, -0.25) is 9.59 Å². The summed E-state index contributed by atoms with van der Waals surface area (Å²) in [6.45, 7) is 9.22. The first kappa shape index (κ1) is 24.3. The number of rotatable bonds is 6. The molecule has 0 aromatic heterocycles. The number of piperazine rings is 1. The first-order valence-electron chi connectivity index (χ1n) is 11.6. The zero-order valence-corrected chi connectivity index (χ0v) is 19.9. The molecule has 0 spiro atoms. The van der Waals surface area contributed by atoms with Crippen LogP contribution in [0.2, 0.25) is 0 Å². The molecule has 7 nitrogen and oxygen atoms in total. The standard InChI is InChI=1S/C26H34N4O3/c1-5-19(3)23(28-26(33)27-22-13-9-10-18(2)16-22)25(32)29-14-15-30(20(4)17-29)24(31)21-11-7-6-8-12-21/h6-13,16,19-20,23H,5,14-15,17H2,1-4H3,(H2,27,28,33). The number of carbonyl (C=O) groups excluding carboxylic acids is 3. The Kier molecular flexibility index (Phi) is 8.09. The van der Waals surface area contributed by atoms with E-state index in [0.29, 0.717) is 30.9 Å². The summed E-state index contributed by atoms with van der Waals surface area (Å²) in [5.41, 5.74) is 2.37. The lowest BCUT2D eigenvalue weighted by molar-refractivity contribution is -0.136. The first-order chi connectivity index (χ1) is 15.8. The highest BCUT2D eigenvalue weighted by Gasteiger charge is 2.35. The van der Waals surface area contributed by atoms with E-state index in [9.17, 15) is 14.4 Å². The van der Waals surface area contributed by atoms with Gasteiger partial charge in [-0.05, 0) is 49.6 Å². The maximum Gasteiger partial charge on any atom is 0.319 e. The molecular weight excluding hydrogens is 416 g/mol. The van der Waals surface area contributed by atoms with Crippen molar-refractivity contribution in [3.63, 3.8) is 0 Å². The molecule has 0 radical (unpaired) electrons. The predicted octanol–water partition coefficient (Wildman–Crippen LogP) is 3.90. The Bertz CT molecular complexity index is 979. The molecule has 1 saturated heterocycles. The Labute approximate surface area is 196 Å². The van der Waals surface area contributed by atoms with Crippen LogP contribution in [0.4, 0.5) is 10.5 Å². The van der Waals surface area contributed by atoms with Crippen LogP contribution in [0.5, 0.6) is 0 Å². The van der Waals surface area contributed by atoms with Crippen molar-refractivity contribution in [2.75, 3.05) is 25.0 Å². The third-order valence-corrected chi connectivity index (χ3v) is 6.26. The van der Waals surface area contributed by atoms with E-state index in [1.807, 2.05) is 87.2 Å². The van der Waals surface area contributed by atoms with E-state index in [1.54, 1.807) is 4.90 Å². The lowest BCUT2D eigenvalue weighted by Crippen LogP contribution is -2.60. The molecule has 1 aliphatic rings. The largest absolute Gasteiger partial charge is 0.337 e. The van der Waals surface area contributed by atoms with E-state index in [4.69, 9.17) is 0 Å². The van der Waals surface area contributed by atoms with Crippen molar-refractivity contribution in [2.24, 2.45) is 5.92 Å². The van der Waals surface area contributed by atoms with Crippen molar-refractivity contribution >= 4 is 23.5 Å². The minimum atomic E-state index is -0.636. The molecule has 1 heterocycles. The summed E-state index contributed by atoms with van der Waals surface area (Å²) in [5, 5.41) is 5.71. The second-order valence-electron chi connectivity index (χ2n) is 8.83. The normalized spacial score (nSPS) is 17.8. The van der Waals surface area contributed by atoms with Crippen molar-refractivity contribution < 1.29 is 14.4 Å².